The summed E-state index contributed by atoms with van der Waals surface area (Å²) in [5, 5.41) is 2.55. The maximum absolute atomic E-state index is 12.9. The molecule has 1 aliphatic rings. The molecule has 1 aliphatic carbocycles. The number of hydrogen-bond acceptors (Lipinski definition) is 1. The number of carbonyl (C=O) groups excluding carboxylic acids is 1. The van der Waals surface area contributed by atoms with E-state index in [0.29, 0.717) is 12.3 Å². The lowest BCUT2D eigenvalue weighted by Crippen LogP contribution is -2.18. The average Bonchev–Trinajstić information content (AvgIpc) is 2.28. The van der Waals surface area contributed by atoms with E-state index in [1.54, 1.807) is 0 Å². The molecule has 0 saturated heterocycles. The number of carbonyl (C=O) groups is 1. The van der Waals surface area contributed by atoms with Gasteiger partial charge in [0.1, 0.15) is 11.6 Å². The van der Waals surface area contributed by atoms with Crippen LogP contribution in [0.2, 0.25) is 0 Å². The van der Waals surface area contributed by atoms with E-state index in [1.807, 2.05) is 0 Å². The molecule has 0 aliphatic heterocycles. The van der Waals surface area contributed by atoms with E-state index in [9.17, 15) is 13.6 Å². The summed E-state index contributed by atoms with van der Waals surface area (Å²) in [6.45, 7) is 0. The molecule has 1 aromatic rings. The fraction of sp³-hybridized carbons (Fsp3) is 0.500. The highest BCUT2D eigenvalue weighted by atomic mass is 19.1. The molecule has 0 bridgehead atoms. The molecule has 4 heteroatoms. The highest BCUT2D eigenvalue weighted by Gasteiger charge is 2.17. The van der Waals surface area contributed by atoms with Crippen molar-refractivity contribution < 1.29 is 13.6 Å². The molecule has 98 valence electrons. The molecule has 2 nitrogen and oxygen atoms in total. The van der Waals surface area contributed by atoms with Crippen molar-refractivity contribution in [3.63, 3.8) is 0 Å². The molecule has 0 spiro atoms. The third-order valence-electron chi connectivity index (χ3n) is 3.35. The predicted octanol–water partition coefficient (Wildman–Crippen LogP) is 3.87. The summed E-state index contributed by atoms with van der Waals surface area (Å²) in [7, 11) is 0. The van der Waals surface area contributed by atoms with E-state index >= 15 is 0 Å². The lowest BCUT2D eigenvalue weighted by molar-refractivity contribution is -0.117. The topological polar surface area (TPSA) is 29.1 Å². The molecule has 1 amide bonds. The Bertz CT molecular complexity index is 408. The monoisotopic (exact) mass is 253 g/mol. The van der Waals surface area contributed by atoms with E-state index in [-0.39, 0.29) is 11.6 Å². The number of anilines is 1. The van der Waals surface area contributed by atoms with Gasteiger partial charge in [0.25, 0.3) is 0 Å². The van der Waals surface area contributed by atoms with Crippen LogP contribution in [-0.4, -0.2) is 5.91 Å². The molecule has 0 radical (unpaired) electrons. The van der Waals surface area contributed by atoms with Crippen LogP contribution >= 0.6 is 0 Å². The number of amides is 1. The Balaban J connectivity index is 1.89. The first-order chi connectivity index (χ1) is 8.63. The summed E-state index contributed by atoms with van der Waals surface area (Å²) in [5.41, 5.74) is 0.188. The Morgan fingerprint density at radius 2 is 1.72 bits per heavy atom. The van der Waals surface area contributed by atoms with Crippen molar-refractivity contribution in [3.8, 4) is 0 Å². The molecule has 1 saturated carbocycles. The molecule has 0 heterocycles. The normalized spacial score (nSPS) is 16.6. The van der Waals surface area contributed by atoms with Gasteiger partial charge in [-0.25, -0.2) is 8.78 Å². The second kappa shape index (κ2) is 5.94. The average molecular weight is 253 g/mol. The Hall–Kier alpha value is -1.45. The highest BCUT2D eigenvalue weighted by Crippen LogP contribution is 2.26. The zero-order chi connectivity index (χ0) is 13.0. The Morgan fingerprint density at radius 1 is 1.11 bits per heavy atom. The minimum atomic E-state index is -0.678. The summed E-state index contributed by atoms with van der Waals surface area (Å²) in [5.74, 6) is -1.10. The van der Waals surface area contributed by atoms with Gasteiger partial charge in [0.05, 0.1) is 0 Å². The summed E-state index contributed by atoms with van der Waals surface area (Å²) >= 11 is 0. The number of nitrogens with one attached hydrogen (secondary N) is 1. The van der Waals surface area contributed by atoms with Gasteiger partial charge < -0.3 is 5.32 Å². The van der Waals surface area contributed by atoms with Gasteiger partial charge >= 0.3 is 0 Å². The van der Waals surface area contributed by atoms with Crippen molar-refractivity contribution in [2.75, 3.05) is 5.32 Å². The van der Waals surface area contributed by atoms with Gasteiger partial charge in [-0.15, -0.1) is 0 Å². The number of hydrogen-bond donors (Lipinski definition) is 1. The molecule has 1 N–H and O–H groups in total. The first-order valence-electron chi connectivity index (χ1n) is 6.39. The fourth-order valence-corrected chi connectivity index (χ4v) is 2.49. The van der Waals surface area contributed by atoms with Crippen LogP contribution < -0.4 is 5.32 Å². The van der Waals surface area contributed by atoms with Crippen molar-refractivity contribution in [1.29, 1.82) is 0 Å². The van der Waals surface area contributed by atoms with E-state index in [4.69, 9.17) is 0 Å². The molecular formula is C14H17F2NO. The van der Waals surface area contributed by atoms with Gasteiger partial charge in [-0.1, -0.05) is 19.3 Å². The summed E-state index contributed by atoms with van der Waals surface area (Å²) < 4.78 is 25.9. The predicted molar refractivity (Wildman–Crippen MR) is 66.2 cm³/mol. The van der Waals surface area contributed by atoms with Gasteiger partial charge in [-0.3, -0.25) is 4.79 Å². The first-order valence-corrected chi connectivity index (χ1v) is 6.39. The lowest BCUT2D eigenvalue weighted by Gasteiger charge is -2.20. The van der Waals surface area contributed by atoms with Crippen LogP contribution in [0.1, 0.15) is 38.5 Å². The van der Waals surface area contributed by atoms with Crippen molar-refractivity contribution in [1.82, 2.24) is 0 Å². The smallest absolute Gasteiger partial charge is 0.224 e. The second-order valence-electron chi connectivity index (χ2n) is 4.91. The third kappa shape index (κ3) is 3.79. The maximum Gasteiger partial charge on any atom is 0.224 e. The third-order valence-corrected chi connectivity index (χ3v) is 3.35. The number of benzene rings is 1. The molecule has 2 rings (SSSR count). The number of rotatable bonds is 3. The highest BCUT2D eigenvalue weighted by molar-refractivity contribution is 5.90. The summed E-state index contributed by atoms with van der Waals surface area (Å²) in [4.78, 5) is 11.7. The SMILES string of the molecule is O=C(CC1CCCCC1)Nc1cc(F)cc(F)c1. The summed E-state index contributed by atoms with van der Waals surface area (Å²) in [6.07, 6.45) is 6.18. The van der Waals surface area contributed by atoms with Crippen LogP contribution in [0.3, 0.4) is 0 Å². The van der Waals surface area contributed by atoms with Gasteiger partial charge in [0, 0.05) is 18.2 Å². The molecule has 1 fully saturated rings. The molecule has 1 aromatic carbocycles. The zero-order valence-electron chi connectivity index (χ0n) is 10.2. The van der Waals surface area contributed by atoms with E-state index in [1.165, 1.54) is 19.3 Å². The van der Waals surface area contributed by atoms with Gasteiger partial charge in [0.15, 0.2) is 0 Å². The van der Waals surface area contributed by atoms with Crippen LogP contribution in [0.4, 0.5) is 14.5 Å². The maximum atomic E-state index is 12.9. The van der Waals surface area contributed by atoms with Crippen molar-refractivity contribution >= 4 is 11.6 Å². The molecule has 0 aromatic heterocycles. The molecule has 18 heavy (non-hydrogen) atoms. The van der Waals surface area contributed by atoms with Crippen molar-refractivity contribution in [3.05, 3.63) is 29.8 Å². The Morgan fingerprint density at radius 3 is 2.33 bits per heavy atom. The largest absolute Gasteiger partial charge is 0.326 e. The minimum Gasteiger partial charge on any atom is -0.326 e. The van der Waals surface area contributed by atoms with Crippen LogP contribution in [0.15, 0.2) is 18.2 Å². The standard InChI is InChI=1S/C14H17F2NO/c15-11-7-12(16)9-13(8-11)17-14(18)6-10-4-2-1-3-5-10/h7-10H,1-6H2,(H,17,18). The molecular weight excluding hydrogens is 236 g/mol. The number of halogens is 2. The van der Waals surface area contributed by atoms with E-state index in [2.05, 4.69) is 5.32 Å². The zero-order valence-corrected chi connectivity index (χ0v) is 10.2. The van der Waals surface area contributed by atoms with Gasteiger partial charge in [-0.2, -0.15) is 0 Å². The Kier molecular flexibility index (Phi) is 4.28. The second-order valence-corrected chi connectivity index (χ2v) is 4.91. The first kappa shape index (κ1) is 13.0. The fourth-order valence-electron chi connectivity index (χ4n) is 2.49. The van der Waals surface area contributed by atoms with Crippen LogP contribution in [-0.2, 0) is 4.79 Å². The van der Waals surface area contributed by atoms with Crippen molar-refractivity contribution in [2.45, 2.75) is 38.5 Å². The van der Waals surface area contributed by atoms with Crippen LogP contribution in [0.25, 0.3) is 0 Å². The quantitative estimate of drug-likeness (QED) is 0.870. The van der Waals surface area contributed by atoms with E-state index in [0.717, 1.165) is 31.0 Å². The van der Waals surface area contributed by atoms with Crippen LogP contribution in [0.5, 0.6) is 0 Å². The van der Waals surface area contributed by atoms with E-state index < -0.39 is 11.6 Å². The minimum absolute atomic E-state index is 0.160. The summed E-state index contributed by atoms with van der Waals surface area (Å²) in [6, 6.07) is 3.04. The van der Waals surface area contributed by atoms with Crippen LogP contribution in [0, 0.1) is 17.6 Å². The van der Waals surface area contributed by atoms with Gasteiger partial charge in [0.2, 0.25) is 5.91 Å². The Labute approximate surface area is 105 Å². The van der Waals surface area contributed by atoms with Crippen molar-refractivity contribution in [2.24, 2.45) is 5.92 Å². The van der Waals surface area contributed by atoms with Gasteiger partial charge in [-0.05, 0) is 30.9 Å². The lowest BCUT2D eigenvalue weighted by atomic mass is 9.87. The molecule has 0 unspecified atom stereocenters. The molecule has 0 atom stereocenters.